The van der Waals surface area contributed by atoms with Crippen molar-refractivity contribution < 1.29 is 9.53 Å². The Bertz CT molecular complexity index is 339. The molecule has 0 amide bonds. The lowest BCUT2D eigenvalue weighted by Gasteiger charge is -2.06. The lowest BCUT2D eigenvalue weighted by molar-refractivity contribution is -0.142. The molecule has 0 unspecified atom stereocenters. The van der Waals surface area contributed by atoms with Crippen LogP contribution >= 0.6 is 15.9 Å². The molecule has 1 aromatic carbocycles. The number of ether oxygens (including phenoxy) is 1. The van der Waals surface area contributed by atoms with Gasteiger partial charge in [-0.1, -0.05) is 12.1 Å². The molecule has 0 aromatic heterocycles. The number of hydrogen-bond donors (Lipinski definition) is 1. The first-order valence-electron chi connectivity index (χ1n) is 4.33. The van der Waals surface area contributed by atoms with Gasteiger partial charge >= 0.3 is 5.97 Å². The predicted octanol–water partition coefficient (Wildman–Crippen LogP) is 2.14. The molecule has 0 heterocycles. The average molecular weight is 258 g/mol. The molecule has 0 radical (unpaired) electrons. The van der Waals surface area contributed by atoms with Crippen LogP contribution in [0.3, 0.4) is 0 Å². The largest absolute Gasteiger partial charge is 0.466 e. The first-order valence-corrected chi connectivity index (χ1v) is 5.13. The highest BCUT2D eigenvalue weighted by molar-refractivity contribution is 9.10. The molecule has 0 bridgehead atoms. The summed E-state index contributed by atoms with van der Waals surface area (Å²) in [5.74, 6) is -0.252. The Morgan fingerprint density at radius 3 is 2.93 bits per heavy atom. The van der Waals surface area contributed by atoms with Crippen LogP contribution < -0.4 is 5.73 Å². The predicted molar refractivity (Wildman–Crippen MR) is 58.9 cm³/mol. The second kappa shape index (κ2) is 5.00. The topological polar surface area (TPSA) is 52.3 Å². The van der Waals surface area contributed by atoms with Crippen molar-refractivity contribution in [1.29, 1.82) is 0 Å². The fourth-order valence-electron chi connectivity index (χ4n) is 1.10. The minimum absolute atomic E-state index is 0.221. The number of hydrogen-bond acceptors (Lipinski definition) is 3. The van der Waals surface area contributed by atoms with Crippen molar-refractivity contribution in [2.75, 3.05) is 12.3 Å². The number of anilines is 1. The second-order valence-electron chi connectivity index (χ2n) is 2.79. The Kier molecular flexibility index (Phi) is 3.95. The third-order valence-electron chi connectivity index (χ3n) is 1.78. The number of nitrogen functional groups attached to an aromatic ring is 1. The summed E-state index contributed by atoms with van der Waals surface area (Å²) in [4.78, 5) is 11.2. The first-order chi connectivity index (χ1) is 6.65. The molecular weight excluding hydrogens is 246 g/mol. The number of halogens is 1. The Morgan fingerprint density at radius 2 is 2.29 bits per heavy atom. The lowest BCUT2D eigenvalue weighted by Crippen LogP contribution is -2.09. The zero-order valence-electron chi connectivity index (χ0n) is 7.92. The number of esters is 1. The van der Waals surface area contributed by atoms with E-state index in [0.29, 0.717) is 12.3 Å². The number of nitrogens with two attached hydrogens (primary N) is 1. The van der Waals surface area contributed by atoms with Gasteiger partial charge in [-0.3, -0.25) is 4.79 Å². The van der Waals surface area contributed by atoms with Crippen molar-refractivity contribution in [3.8, 4) is 0 Å². The summed E-state index contributed by atoms with van der Waals surface area (Å²) in [5, 5.41) is 0. The maximum absolute atomic E-state index is 11.2. The molecule has 0 aliphatic carbocycles. The molecule has 0 fully saturated rings. The minimum atomic E-state index is -0.252. The fourth-order valence-corrected chi connectivity index (χ4v) is 1.51. The van der Waals surface area contributed by atoms with E-state index in [1.807, 2.05) is 18.2 Å². The highest BCUT2D eigenvalue weighted by Gasteiger charge is 2.08. The summed E-state index contributed by atoms with van der Waals surface area (Å²) in [6.45, 7) is 2.18. The normalized spacial score (nSPS) is 9.86. The van der Waals surface area contributed by atoms with E-state index < -0.39 is 0 Å². The highest BCUT2D eigenvalue weighted by atomic mass is 79.9. The smallest absolute Gasteiger partial charge is 0.310 e. The zero-order chi connectivity index (χ0) is 10.6. The molecule has 0 saturated heterocycles. The molecule has 76 valence electrons. The van der Waals surface area contributed by atoms with Crippen LogP contribution in [-0.4, -0.2) is 12.6 Å². The standard InChI is InChI=1S/C10H12BrNO2/c1-2-14-9(13)6-7-4-3-5-8(11)10(7)12/h3-5H,2,6,12H2,1H3. The highest BCUT2D eigenvalue weighted by Crippen LogP contribution is 2.23. The molecule has 0 aliphatic heterocycles. The van der Waals surface area contributed by atoms with E-state index in [1.165, 1.54) is 0 Å². The molecule has 3 nitrogen and oxygen atoms in total. The van der Waals surface area contributed by atoms with Gasteiger partial charge in [0, 0.05) is 10.2 Å². The maximum atomic E-state index is 11.2. The van der Waals surface area contributed by atoms with Crippen LogP contribution in [0.5, 0.6) is 0 Å². The summed E-state index contributed by atoms with van der Waals surface area (Å²) < 4.78 is 5.64. The average Bonchev–Trinajstić information content (AvgIpc) is 2.13. The van der Waals surface area contributed by atoms with Crippen LogP contribution in [-0.2, 0) is 16.0 Å². The second-order valence-corrected chi connectivity index (χ2v) is 3.65. The maximum Gasteiger partial charge on any atom is 0.310 e. The van der Waals surface area contributed by atoms with E-state index in [9.17, 15) is 4.79 Å². The number of carbonyl (C=O) groups excluding carboxylic acids is 1. The van der Waals surface area contributed by atoms with E-state index in [4.69, 9.17) is 10.5 Å². The van der Waals surface area contributed by atoms with Crippen LogP contribution in [0.2, 0.25) is 0 Å². The van der Waals surface area contributed by atoms with Crippen molar-refractivity contribution in [2.45, 2.75) is 13.3 Å². The molecule has 0 aliphatic rings. The van der Waals surface area contributed by atoms with Crippen LogP contribution in [0, 0.1) is 0 Å². The van der Waals surface area contributed by atoms with E-state index >= 15 is 0 Å². The van der Waals surface area contributed by atoms with Crippen LogP contribution in [0.4, 0.5) is 5.69 Å². The minimum Gasteiger partial charge on any atom is -0.466 e. The summed E-state index contributed by atoms with van der Waals surface area (Å²) in [6.07, 6.45) is 0.221. The van der Waals surface area contributed by atoms with Crippen LogP contribution in [0.1, 0.15) is 12.5 Å². The molecule has 1 aromatic rings. The molecule has 4 heteroatoms. The summed E-state index contributed by atoms with van der Waals surface area (Å²) in [7, 11) is 0. The van der Waals surface area contributed by atoms with E-state index in [-0.39, 0.29) is 12.4 Å². The van der Waals surface area contributed by atoms with Crippen LogP contribution in [0.25, 0.3) is 0 Å². The monoisotopic (exact) mass is 257 g/mol. The van der Waals surface area contributed by atoms with Gasteiger partial charge in [0.1, 0.15) is 0 Å². The van der Waals surface area contributed by atoms with Gasteiger partial charge < -0.3 is 10.5 Å². The molecule has 1 rings (SSSR count). The lowest BCUT2D eigenvalue weighted by atomic mass is 10.1. The van der Waals surface area contributed by atoms with Crippen molar-refractivity contribution >= 4 is 27.6 Å². The molecule has 2 N–H and O–H groups in total. The summed E-state index contributed by atoms with van der Waals surface area (Å²) in [5.41, 5.74) is 7.16. The quantitative estimate of drug-likeness (QED) is 0.667. The number of para-hydroxylation sites is 1. The van der Waals surface area contributed by atoms with Crippen molar-refractivity contribution in [1.82, 2.24) is 0 Å². The summed E-state index contributed by atoms with van der Waals surface area (Å²) >= 11 is 3.30. The Labute approximate surface area is 91.4 Å². The molecule has 0 atom stereocenters. The van der Waals surface area contributed by atoms with Gasteiger partial charge in [-0.15, -0.1) is 0 Å². The molecule has 14 heavy (non-hydrogen) atoms. The Balaban J connectivity index is 2.76. The fraction of sp³-hybridized carbons (Fsp3) is 0.300. The number of rotatable bonds is 3. The summed E-state index contributed by atoms with van der Waals surface area (Å²) in [6, 6.07) is 5.50. The van der Waals surface area contributed by atoms with Gasteiger partial charge in [-0.05, 0) is 34.5 Å². The van der Waals surface area contributed by atoms with Gasteiger partial charge in [-0.25, -0.2) is 0 Å². The van der Waals surface area contributed by atoms with Gasteiger partial charge in [0.25, 0.3) is 0 Å². The molecule has 0 spiro atoms. The van der Waals surface area contributed by atoms with E-state index in [2.05, 4.69) is 15.9 Å². The van der Waals surface area contributed by atoms with Crippen molar-refractivity contribution in [3.63, 3.8) is 0 Å². The van der Waals surface area contributed by atoms with Gasteiger partial charge in [0.05, 0.1) is 13.0 Å². The number of benzene rings is 1. The Hall–Kier alpha value is -1.03. The molecule has 0 saturated carbocycles. The van der Waals surface area contributed by atoms with Crippen molar-refractivity contribution in [2.24, 2.45) is 0 Å². The van der Waals surface area contributed by atoms with Gasteiger partial charge in [-0.2, -0.15) is 0 Å². The van der Waals surface area contributed by atoms with E-state index in [1.54, 1.807) is 6.92 Å². The first kappa shape index (κ1) is 11.0. The van der Waals surface area contributed by atoms with Crippen LogP contribution in [0.15, 0.2) is 22.7 Å². The van der Waals surface area contributed by atoms with Gasteiger partial charge in [0.2, 0.25) is 0 Å². The third kappa shape index (κ3) is 2.73. The number of carbonyl (C=O) groups is 1. The van der Waals surface area contributed by atoms with Crippen molar-refractivity contribution in [3.05, 3.63) is 28.2 Å². The SMILES string of the molecule is CCOC(=O)Cc1cccc(Br)c1N. The zero-order valence-corrected chi connectivity index (χ0v) is 9.50. The Morgan fingerprint density at radius 1 is 1.57 bits per heavy atom. The molecular formula is C10H12BrNO2. The van der Waals surface area contributed by atoms with Gasteiger partial charge in [0.15, 0.2) is 0 Å². The van der Waals surface area contributed by atoms with E-state index in [0.717, 1.165) is 10.0 Å². The third-order valence-corrected chi connectivity index (χ3v) is 2.47.